The Morgan fingerprint density at radius 3 is 2.87 bits per heavy atom. The van der Waals surface area contributed by atoms with Gasteiger partial charge >= 0.3 is 5.97 Å². The van der Waals surface area contributed by atoms with E-state index in [9.17, 15) is 4.79 Å². The lowest BCUT2D eigenvalue weighted by Crippen LogP contribution is -2.07. The zero-order valence-electron chi connectivity index (χ0n) is 13.2. The van der Waals surface area contributed by atoms with Crippen molar-refractivity contribution in [1.29, 1.82) is 0 Å². The highest BCUT2D eigenvalue weighted by atomic mass is 32.2. The van der Waals surface area contributed by atoms with Gasteiger partial charge in [-0.05, 0) is 43.7 Å². The predicted molar refractivity (Wildman–Crippen MR) is 89.1 cm³/mol. The number of hydrogen-bond acceptors (Lipinski definition) is 6. The van der Waals surface area contributed by atoms with Crippen LogP contribution < -0.4 is 4.74 Å². The third kappa shape index (κ3) is 2.96. The number of hydrogen-bond donors (Lipinski definition) is 0. The molecule has 2 aromatic heterocycles. The number of carbonyl (C=O) groups is 1. The molecule has 0 radical (unpaired) electrons. The Hall–Kier alpha value is -2.28. The molecule has 0 aliphatic carbocycles. The Bertz CT molecular complexity index is 876. The van der Waals surface area contributed by atoms with Crippen molar-refractivity contribution in [3.8, 4) is 5.75 Å². The van der Waals surface area contributed by atoms with Crippen LogP contribution >= 0.6 is 11.8 Å². The number of aromatic nitrogens is 3. The Morgan fingerprint density at radius 1 is 1.30 bits per heavy atom. The third-order valence-corrected chi connectivity index (χ3v) is 4.36. The van der Waals surface area contributed by atoms with Crippen molar-refractivity contribution in [1.82, 2.24) is 14.6 Å². The molecule has 0 aliphatic rings. The van der Waals surface area contributed by atoms with Gasteiger partial charge in [0, 0.05) is 5.39 Å². The Balaban J connectivity index is 2.07. The van der Waals surface area contributed by atoms with E-state index in [0.717, 1.165) is 27.9 Å². The van der Waals surface area contributed by atoms with Gasteiger partial charge in [-0.1, -0.05) is 11.8 Å². The van der Waals surface area contributed by atoms with Gasteiger partial charge < -0.3 is 9.47 Å². The molecule has 0 N–H and O–H groups in total. The lowest BCUT2D eigenvalue weighted by molar-refractivity contribution is -0.139. The third-order valence-electron chi connectivity index (χ3n) is 3.46. The maximum atomic E-state index is 11.6. The highest BCUT2D eigenvalue weighted by Gasteiger charge is 2.14. The molecule has 7 heteroatoms. The molecule has 6 nitrogen and oxygen atoms in total. The summed E-state index contributed by atoms with van der Waals surface area (Å²) in [5, 5.41) is 10.2. The molecule has 120 valence electrons. The largest absolute Gasteiger partial charge is 0.497 e. The molecule has 2 heterocycles. The zero-order valence-corrected chi connectivity index (χ0v) is 14.0. The van der Waals surface area contributed by atoms with Crippen LogP contribution in [0.5, 0.6) is 5.75 Å². The molecular formula is C16H17N3O3S. The summed E-state index contributed by atoms with van der Waals surface area (Å²) in [5.41, 5.74) is 2.78. The predicted octanol–water partition coefficient (Wildman–Crippen LogP) is 2.85. The molecule has 0 saturated carbocycles. The first kappa shape index (κ1) is 15.6. The van der Waals surface area contributed by atoms with E-state index in [1.54, 1.807) is 14.0 Å². The molecular weight excluding hydrogens is 314 g/mol. The van der Waals surface area contributed by atoms with E-state index < -0.39 is 0 Å². The average molecular weight is 331 g/mol. The number of fused-ring (bicyclic) bond motifs is 3. The van der Waals surface area contributed by atoms with E-state index >= 15 is 0 Å². The maximum Gasteiger partial charge on any atom is 0.316 e. The molecule has 1 aromatic carbocycles. The number of pyridine rings is 1. The monoisotopic (exact) mass is 331 g/mol. The van der Waals surface area contributed by atoms with Crippen LogP contribution in [0.15, 0.2) is 29.4 Å². The van der Waals surface area contributed by atoms with Crippen LogP contribution in [0.1, 0.15) is 12.5 Å². The Labute approximate surface area is 137 Å². The maximum absolute atomic E-state index is 11.6. The number of methoxy groups -OCH3 is 1. The number of aryl methyl sites for hydroxylation is 1. The Kier molecular flexibility index (Phi) is 4.38. The normalized spacial score (nSPS) is 11.1. The number of rotatable bonds is 5. The van der Waals surface area contributed by atoms with Crippen molar-refractivity contribution in [2.45, 2.75) is 19.0 Å². The van der Waals surface area contributed by atoms with Crippen molar-refractivity contribution < 1.29 is 14.3 Å². The van der Waals surface area contributed by atoms with Crippen LogP contribution in [-0.4, -0.2) is 40.0 Å². The molecule has 0 aliphatic heterocycles. The van der Waals surface area contributed by atoms with Gasteiger partial charge in [0.15, 0.2) is 10.8 Å². The van der Waals surface area contributed by atoms with Gasteiger partial charge in [0.1, 0.15) is 5.75 Å². The summed E-state index contributed by atoms with van der Waals surface area (Å²) in [7, 11) is 1.64. The van der Waals surface area contributed by atoms with Crippen LogP contribution in [0.4, 0.5) is 0 Å². The minimum atomic E-state index is -0.257. The minimum absolute atomic E-state index is 0.209. The van der Waals surface area contributed by atoms with E-state index in [-0.39, 0.29) is 11.7 Å². The lowest BCUT2D eigenvalue weighted by atomic mass is 10.1. The number of thioether (sulfide) groups is 1. The first-order valence-electron chi connectivity index (χ1n) is 7.25. The first-order chi connectivity index (χ1) is 11.1. The van der Waals surface area contributed by atoms with Crippen molar-refractivity contribution in [3.05, 3.63) is 29.8 Å². The molecule has 23 heavy (non-hydrogen) atoms. The number of ether oxygens (including phenoxy) is 2. The average Bonchev–Trinajstić information content (AvgIpc) is 2.97. The van der Waals surface area contributed by atoms with Crippen molar-refractivity contribution >= 4 is 34.3 Å². The summed E-state index contributed by atoms with van der Waals surface area (Å²) in [4.78, 5) is 11.6. The summed E-state index contributed by atoms with van der Waals surface area (Å²) in [6, 6.07) is 7.90. The molecule has 0 spiro atoms. The standard InChI is InChI=1S/C16H17N3O3S/c1-4-22-14(20)9-23-16-18-17-15-10(2)7-11-8-12(21-3)5-6-13(11)19(15)16/h5-8H,4,9H2,1-3H3. The molecule has 0 amide bonds. The summed E-state index contributed by atoms with van der Waals surface area (Å²) >= 11 is 1.32. The minimum Gasteiger partial charge on any atom is -0.497 e. The summed E-state index contributed by atoms with van der Waals surface area (Å²) in [6.07, 6.45) is 0. The molecule has 0 atom stereocenters. The van der Waals surface area contributed by atoms with Crippen molar-refractivity contribution in [3.63, 3.8) is 0 Å². The van der Waals surface area contributed by atoms with Crippen molar-refractivity contribution in [2.75, 3.05) is 19.5 Å². The van der Waals surface area contributed by atoms with E-state index in [0.29, 0.717) is 11.8 Å². The molecule has 3 rings (SSSR count). The van der Waals surface area contributed by atoms with Crippen LogP contribution in [0, 0.1) is 6.92 Å². The number of carbonyl (C=O) groups excluding carboxylic acids is 1. The topological polar surface area (TPSA) is 65.7 Å². The smallest absolute Gasteiger partial charge is 0.316 e. The summed E-state index contributed by atoms with van der Waals surface area (Å²) < 4.78 is 12.2. The molecule has 0 bridgehead atoms. The first-order valence-corrected chi connectivity index (χ1v) is 8.23. The van der Waals surface area contributed by atoms with E-state index in [2.05, 4.69) is 16.3 Å². The van der Waals surface area contributed by atoms with Crippen LogP contribution in [0.2, 0.25) is 0 Å². The lowest BCUT2D eigenvalue weighted by Gasteiger charge is -2.08. The van der Waals surface area contributed by atoms with Gasteiger partial charge in [0.2, 0.25) is 0 Å². The van der Waals surface area contributed by atoms with Gasteiger partial charge in [-0.3, -0.25) is 9.20 Å². The summed E-state index contributed by atoms with van der Waals surface area (Å²) in [5.74, 6) is 0.748. The molecule has 0 saturated heterocycles. The fourth-order valence-electron chi connectivity index (χ4n) is 2.44. The van der Waals surface area contributed by atoms with Gasteiger partial charge in [-0.25, -0.2) is 0 Å². The SMILES string of the molecule is CCOC(=O)CSc1nnc2c(C)cc3cc(OC)ccc3n12. The second kappa shape index (κ2) is 6.45. The molecule has 3 aromatic rings. The fraction of sp³-hybridized carbons (Fsp3) is 0.312. The number of esters is 1. The van der Waals surface area contributed by atoms with Crippen LogP contribution in [-0.2, 0) is 9.53 Å². The fourth-order valence-corrected chi connectivity index (χ4v) is 3.18. The van der Waals surface area contributed by atoms with Gasteiger partial charge in [0.05, 0.1) is 25.0 Å². The molecule has 0 fully saturated rings. The van der Waals surface area contributed by atoms with Crippen LogP contribution in [0.25, 0.3) is 16.6 Å². The highest BCUT2D eigenvalue weighted by molar-refractivity contribution is 7.99. The second-order valence-corrected chi connectivity index (χ2v) is 5.93. The number of benzene rings is 1. The number of nitrogens with zero attached hydrogens (tertiary/aromatic N) is 3. The van der Waals surface area contributed by atoms with Gasteiger partial charge in [-0.15, -0.1) is 10.2 Å². The van der Waals surface area contributed by atoms with E-state index in [1.807, 2.05) is 29.5 Å². The quantitative estimate of drug-likeness (QED) is 0.529. The van der Waals surface area contributed by atoms with Gasteiger partial charge in [-0.2, -0.15) is 0 Å². The molecule has 0 unspecified atom stereocenters. The van der Waals surface area contributed by atoms with E-state index in [4.69, 9.17) is 9.47 Å². The zero-order chi connectivity index (χ0) is 16.4. The van der Waals surface area contributed by atoms with Crippen molar-refractivity contribution in [2.24, 2.45) is 0 Å². The Morgan fingerprint density at radius 2 is 2.13 bits per heavy atom. The van der Waals surface area contributed by atoms with Crippen LogP contribution in [0.3, 0.4) is 0 Å². The highest BCUT2D eigenvalue weighted by Crippen LogP contribution is 2.28. The van der Waals surface area contributed by atoms with Gasteiger partial charge in [0.25, 0.3) is 0 Å². The second-order valence-electron chi connectivity index (χ2n) is 4.99. The van der Waals surface area contributed by atoms with E-state index in [1.165, 1.54) is 11.8 Å². The summed E-state index contributed by atoms with van der Waals surface area (Å²) in [6.45, 7) is 4.16.